The summed E-state index contributed by atoms with van der Waals surface area (Å²) in [5, 5.41) is 15.8. The number of benzene rings is 1. The summed E-state index contributed by atoms with van der Waals surface area (Å²) >= 11 is 0. The van der Waals surface area contributed by atoms with Crippen LogP contribution in [-0.4, -0.2) is 96.2 Å². The van der Waals surface area contributed by atoms with Gasteiger partial charge in [-0.05, 0) is 132 Å². The average molecular weight is 856 g/mol. The number of hydrogen-bond acceptors (Lipinski definition) is 12. The minimum absolute atomic E-state index is 0.0643. The molecule has 7 heterocycles. The molecule has 0 unspecified atom stereocenters. The van der Waals surface area contributed by atoms with Crippen LogP contribution in [0.25, 0.3) is 33.7 Å². The van der Waals surface area contributed by atoms with Crippen molar-refractivity contribution in [2.75, 3.05) is 43.8 Å². The largest absolute Gasteiger partial charge is 0.383 e. The Morgan fingerprint density at radius 1 is 0.825 bits per heavy atom. The Morgan fingerprint density at radius 2 is 1.54 bits per heavy atom. The topological polar surface area (TPSA) is 190 Å². The predicted molar refractivity (Wildman–Crippen MR) is 242 cm³/mol. The number of rotatable bonds is 16. The van der Waals surface area contributed by atoms with E-state index in [1.807, 2.05) is 10.9 Å². The number of imide groups is 1. The van der Waals surface area contributed by atoms with Crippen LogP contribution in [0.2, 0.25) is 0 Å². The first-order valence-electron chi connectivity index (χ1n) is 23.4. The number of nitrogens with one attached hydrogen (secondary N) is 2. The maximum Gasteiger partial charge on any atom is 0.249 e. The Bertz CT molecular complexity index is 2390. The molecule has 4 fully saturated rings. The number of pyridine rings is 1. The van der Waals surface area contributed by atoms with Crippen molar-refractivity contribution in [2.24, 2.45) is 0 Å². The van der Waals surface area contributed by atoms with Gasteiger partial charge in [-0.1, -0.05) is 42.6 Å². The van der Waals surface area contributed by atoms with Gasteiger partial charge in [-0.2, -0.15) is 5.10 Å². The summed E-state index contributed by atoms with van der Waals surface area (Å²) in [6, 6.07) is 12.4. The molecule has 4 aromatic heterocycles. The minimum atomic E-state index is -0.359. The molecule has 332 valence electrons. The van der Waals surface area contributed by atoms with Crippen LogP contribution in [0.1, 0.15) is 144 Å². The van der Waals surface area contributed by atoms with Crippen LogP contribution in [0, 0.1) is 0 Å². The summed E-state index contributed by atoms with van der Waals surface area (Å²) in [5.74, 6) is 2.29. The van der Waals surface area contributed by atoms with Gasteiger partial charge in [0.05, 0.1) is 16.6 Å². The van der Waals surface area contributed by atoms with Gasteiger partial charge in [0.25, 0.3) is 0 Å². The van der Waals surface area contributed by atoms with Gasteiger partial charge in [-0.15, -0.1) is 0 Å². The van der Waals surface area contributed by atoms with Crippen LogP contribution in [0.15, 0.2) is 53.4 Å². The van der Waals surface area contributed by atoms with Crippen molar-refractivity contribution in [3.05, 3.63) is 65.8 Å². The molecule has 5 aromatic rings. The van der Waals surface area contributed by atoms with Crippen LogP contribution >= 0.6 is 0 Å². The van der Waals surface area contributed by atoms with E-state index in [2.05, 4.69) is 85.8 Å². The monoisotopic (exact) mass is 855 g/mol. The quantitative estimate of drug-likeness (QED) is 0.0648. The number of nitrogens with two attached hydrogens (primary N) is 1. The van der Waals surface area contributed by atoms with Crippen molar-refractivity contribution >= 4 is 40.3 Å². The molecule has 3 aliphatic heterocycles. The normalized spacial score (nSPS) is 19.3. The first kappa shape index (κ1) is 42.6. The molecule has 15 nitrogen and oxygen atoms in total. The average Bonchev–Trinajstić information content (AvgIpc) is 3.92. The van der Waals surface area contributed by atoms with Gasteiger partial charge in [-0.3, -0.25) is 24.7 Å². The number of aromatic nitrogens is 6. The lowest BCUT2D eigenvalue weighted by molar-refractivity contribution is -0.134. The highest BCUT2D eigenvalue weighted by Gasteiger charge is 2.36. The van der Waals surface area contributed by atoms with E-state index in [-0.39, 0.29) is 29.8 Å². The predicted octanol–water partition coefficient (Wildman–Crippen LogP) is 7.73. The molecular formula is C48H61N11O4. The Hall–Kier alpha value is -5.70. The summed E-state index contributed by atoms with van der Waals surface area (Å²) in [6.45, 7) is 9.07. The van der Waals surface area contributed by atoms with E-state index in [1.54, 1.807) is 0 Å². The Morgan fingerprint density at radius 3 is 2.25 bits per heavy atom. The maximum absolute atomic E-state index is 13.2. The SMILES string of the molecule is CC(C)n1nc(-c2noc(C3CC3)c2-c2ccc(C3CCN(C(=O)CCCCCCCN4CCC(c5ccc(N[C@@H]6CCC(=O)NC6=O)cc5)CC4)CC3)cn2)c2c(N)ncnc21. The molecule has 0 bridgehead atoms. The molecule has 9 rings (SSSR count). The van der Waals surface area contributed by atoms with E-state index in [0.717, 1.165) is 107 Å². The lowest BCUT2D eigenvalue weighted by Crippen LogP contribution is -2.47. The van der Waals surface area contributed by atoms with Crippen LogP contribution < -0.4 is 16.4 Å². The minimum Gasteiger partial charge on any atom is -0.383 e. The fourth-order valence-corrected chi connectivity index (χ4v) is 9.79. The molecule has 1 aliphatic carbocycles. The van der Waals surface area contributed by atoms with Crippen molar-refractivity contribution in [3.63, 3.8) is 0 Å². The van der Waals surface area contributed by atoms with Crippen molar-refractivity contribution in [1.82, 2.24) is 45.0 Å². The zero-order valence-electron chi connectivity index (χ0n) is 36.7. The van der Waals surface area contributed by atoms with Gasteiger partial charge >= 0.3 is 0 Å². The molecule has 1 atom stereocenters. The van der Waals surface area contributed by atoms with E-state index >= 15 is 0 Å². The molecule has 4 N–H and O–H groups in total. The molecule has 0 spiro atoms. The zero-order valence-corrected chi connectivity index (χ0v) is 36.7. The highest BCUT2D eigenvalue weighted by atomic mass is 16.5. The zero-order chi connectivity index (χ0) is 43.5. The standard InChI is InChI=1S/C48H61N11O4/c1-30(2)59-47-42(46(49)51-29-52-47)43(55-59)44-41(45(63-56-44)34-9-10-34)37-16-13-35(28-50-37)33-21-26-58(27-22-33)40(61)8-6-4-3-5-7-23-57-24-19-32(20-25-57)31-11-14-36(15-12-31)53-38-17-18-39(60)54-48(38)62/h11-16,28-30,32-34,38,53H,3-10,17-27H2,1-2H3,(H2,49,51,52)(H,54,60,62)/t38-/m1/s1. The summed E-state index contributed by atoms with van der Waals surface area (Å²) in [6.07, 6.45) is 16.9. The number of likely N-dealkylation sites (tertiary alicyclic amines) is 2. The van der Waals surface area contributed by atoms with Crippen molar-refractivity contribution in [2.45, 2.75) is 134 Å². The van der Waals surface area contributed by atoms with E-state index in [1.165, 1.54) is 36.7 Å². The first-order valence-corrected chi connectivity index (χ1v) is 23.4. The Labute approximate surface area is 369 Å². The van der Waals surface area contributed by atoms with E-state index < -0.39 is 0 Å². The number of amides is 3. The third kappa shape index (κ3) is 9.63. The number of unbranched alkanes of at least 4 members (excludes halogenated alkanes) is 4. The third-order valence-electron chi connectivity index (χ3n) is 13.7. The molecule has 1 saturated carbocycles. The molecule has 63 heavy (non-hydrogen) atoms. The number of piperidine rings is 3. The van der Waals surface area contributed by atoms with Gasteiger partial charge < -0.3 is 25.4 Å². The molecule has 0 radical (unpaired) electrons. The van der Waals surface area contributed by atoms with Gasteiger partial charge in [0.1, 0.15) is 35.3 Å². The van der Waals surface area contributed by atoms with Gasteiger partial charge in [0.2, 0.25) is 17.7 Å². The summed E-state index contributed by atoms with van der Waals surface area (Å²) < 4.78 is 7.86. The fraction of sp³-hybridized carbons (Fsp3) is 0.542. The first-order chi connectivity index (χ1) is 30.7. The highest BCUT2D eigenvalue weighted by Crippen LogP contribution is 2.48. The van der Waals surface area contributed by atoms with Gasteiger partial charge in [-0.25, -0.2) is 14.6 Å². The molecule has 3 amide bonds. The van der Waals surface area contributed by atoms with Crippen LogP contribution in [0.3, 0.4) is 0 Å². The number of anilines is 2. The lowest BCUT2D eigenvalue weighted by Gasteiger charge is -2.32. The number of nitrogens with zero attached hydrogens (tertiary/aromatic N) is 8. The summed E-state index contributed by atoms with van der Waals surface area (Å²) in [4.78, 5) is 55.2. The third-order valence-corrected chi connectivity index (χ3v) is 13.7. The van der Waals surface area contributed by atoms with Crippen molar-refractivity contribution in [1.29, 1.82) is 0 Å². The molecule has 1 aromatic carbocycles. The van der Waals surface area contributed by atoms with Crippen LogP contribution in [0.5, 0.6) is 0 Å². The lowest BCUT2D eigenvalue weighted by atomic mass is 9.89. The molecular weight excluding hydrogens is 795 g/mol. The molecule has 3 saturated heterocycles. The van der Waals surface area contributed by atoms with Gasteiger partial charge in [0, 0.05) is 49.8 Å². The number of carbonyl (C=O) groups excluding carboxylic acids is 3. The summed E-state index contributed by atoms with van der Waals surface area (Å²) in [5.41, 5.74) is 13.4. The van der Waals surface area contributed by atoms with Crippen molar-refractivity contribution in [3.8, 4) is 22.6 Å². The highest BCUT2D eigenvalue weighted by molar-refractivity contribution is 6.02. The molecule has 4 aliphatic rings. The second kappa shape index (κ2) is 19.0. The van der Waals surface area contributed by atoms with Crippen LogP contribution in [0.4, 0.5) is 11.5 Å². The second-order valence-electron chi connectivity index (χ2n) is 18.4. The number of hydrogen-bond donors (Lipinski definition) is 3. The van der Waals surface area contributed by atoms with Crippen molar-refractivity contribution < 1.29 is 18.9 Å². The maximum atomic E-state index is 13.2. The van der Waals surface area contributed by atoms with Gasteiger partial charge in [0.15, 0.2) is 5.65 Å². The number of nitrogen functional groups attached to an aromatic ring is 1. The number of carbonyl (C=O) groups is 3. The van der Waals surface area contributed by atoms with E-state index in [9.17, 15) is 14.4 Å². The fourth-order valence-electron chi connectivity index (χ4n) is 9.79. The van der Waals surface area contributed by atoms with E-state index in [0.29, 0.717) is 65.3 Å². The van der Waals surface area contributed by atoms with E-state index in [4.69, 9.17) is 20.3 Å². The molecule has 15 heteroatoms. The Kier molecular flexibility index (Phi) is 12.8. The number of fused-ring (bicyclic) bond motifs is 1. The Balaban J connectivity index is 0.680. The van der Waals surface area contributed by atoms with Crippen LogP contribution in [-0.2, 0) is 14.4 Å². The second-order valence-corrected chi connectivity index (χ2v) is 18.4. The smallest absolute Gasteiger partial charge is 0.249 e. The summed E-state index contributed by atoms with van der Waals surface area (Å²) in [7, 11) is 0.